The maximum absolute atomic E-state index is 15.0. The van der Waals surface area contributed by atoms with E-state index in [0.29, 0.717) is 12.1 Å². The van der Waals surface area contributed by atoms with Crippen LogP contribution in [0.25, 0.3) is 0 Å². The molecule has 0 aliphatic rings. The molecule has 2 amide bonds. The topological polar surface area (TPSA) is 104 Å². The monoisotopic (exact) mass is 549 g/mol. The molecule has 0 radical (unpaired) electrons. The fraction of sp³-hybridized carbons (Fsp3) is 0.174. The summed E-state index contributed by atoms with van der Waals surface area (Å²) in [6.07, 6.45) is -9.70. The standard InChI is InChI=1S/C23H15F8N3O4/c1-2-11-14(5-6-16(18(11)24)38-23(29,30)31)37-15-4-3-12(22(26,27)28)19(25)17(15)21(36)34-10-7-8-33-13(9-10)20(32)35/h3-9H,2H2,1H3,(H2,32,35)(H,33,34,36). The maximum Gasteiger partial charge on any atom is 0.573 e. The summed E-state index contributed by atoms with van der Waals surface area (Å²) in [4.78, 5) is 27.8. The van der Waals surface area contributed by atoms with E-state index in [1.54, 1.807) is 0 Å². The Bertz CT molecular complexity index is 1390. The van der Waals surface area contributed by atoms with Gasteiger partial charge < -0.3 is 20.5 Å². The lowest BCUT2D eigenvalue weighted by Gasteiger charge is -2.18. The molecule has 0 atom stereocenters. The van der Waals surface area contributed by atoms with Gasteiger partial charge in [0, 0.05) is 17.4 Å². The highest BCUT2D eigenvalue weighted by Gasteiger charge is 2.38. The molecule has 0 bridgehead atoms. The number of hydrogen-bond donors (Lipinski definition) is 2. The van der Waals surface area contributed by atoms with E-state index in [4.69, 9.17) is 10.5 Å². The predicted molar refractivity (Wildman–Crippen MR) is 115 cm³/mol. The highest BCUT2D eigenvalue weighted by Crippen LogP contribution is 2.40. The molecule has 3 rings (SSSR count). The van der Waals surface area contributed by atoms with Crippen LogP contribution in [0, 0.1) is 11.6 Å². The van der Waals surface area contributed by atoms with Gasteiger partial charge in [-0.1, -0.05) is 6.92 Å². The van der Waals surface area contributed by atoms with Gasteiger partial charge in [0.2, 0.25) is 0 Å². The molecular weight excluding hydrogens is 534 g/mol. The van der Waals surface area contributed by atoms with E-state index in [0.717, 1.165) is 24.4 Å². The van der Waals surface area contributed by atoms with Crippen molar-refractivity contribution in [2.75, 3.05) is 5.32 Å². The third-order valence-corrected chi connectivity index (χ3v) is 4.87. The molecule has 3 N–H and O–H groups in total. The zero-order valence-electron chi connectivity index (χ0n) is 18.9. The fourth-order valence-electron chi connectivity index (χ4n) is 3.24. The lowest BCUT2D eigenvalue weighted by molar-refractivity contribution is -0.275. The second-order valence-corrected chi connectivity index (χ2v) is 7.40. The summed E-state index contributed by atoms with van der Waals surface area (Å²) in [7, 11) is 0. The van der Waals surface area contributed by atoms with Crippen molar-refractivity contribution >= 4 is 17.5 Å². The highest BCUT2D eigenvalue weighted by molar-refractivity contribution is 6.07. The van der Waals surface area contributed by atoms with E-state index in [9.17, 15) is 40.3 Å². The van der Waals surface area contributed by atoms with Gasteiger partial charge in [0.25, 0.3) is 11.8 Å². The van der Waals surface area contributed by atoms with E-state index in [2.05, 4.69) is 15.0 Å². The first kappa shape index (κ1) is 28.1. The van der Waals surface area contributed by atoms with Crippen molar-refractivity contribution in [1.82, 2.24) is 4.98 Å². The predicted octanol–water partition coefficient (Wildman–Crippen LogP) is 5.98. The Morgan fingerprint density at radius 2 is 1.58 bits per heavy atom. The largest absolute Gasteiger partial charge is 0.573 e. The summed E-state index contributed by atoms with van der Waals surface area (Å²) in [5.41, 5.74) is 0.961. The van der Waals surface area contributed by atoms with Gasteiger partial charge in [0.15, 0.2) is 17.4 Å². The number of amides is 2. The van der Waals surface area contributed by atoms with Crippen molar-refractivity contribution in [3.63, 3.8) is 0 Å². The van der Waals surface area contributed by atoms with Crippen molar-refractivity contribution in [3.05, 3.63) is 76.6 Å². The van der Waals surface area contributed by atoms with Gasteiger partial charge in [0.1, 0.15) is 22.8 Å². The van der Waals surface area contributed by atoms with Crippen molar-refractivity contribution in [1.29, 1.82) is 0 Å². The molecule has 0 fully saturated rings. The van der Waals surface area contributed by atoms with Gasteiger partial charge in [-0.3, -0.25) is 14.6 Å². The lowest BCUT2D eigenvalue weighted by atomic mass is 10.1. The van der Waals surface area contributed by atoms with Crippen LogP contribution in [-0.2, 0) is 12.6 Å². The molecule has 0 aliphatic heterocycles. The lowest BCUT2D eigenvalue weighted by Crippen LogP contribution is -2.20. The Labute approximate surface area is 208 Å². The van der Waals surface area contributed by atoms with Crippen LogP contribution in [0.3, 0.4) is 0 Å². The van der Waals surface area contributed by atoms with Crippen LogP contribution in [-0.4, -0.2) is 23.2 Å². The fourth-order valence-corrected chi connectivity index (χ4v) is 3.24. The van der Waals surface area contributed by atoms with Crippen LogP contribution in [0.2, 0.25) is 0 Å². The Balaban J connectivity index is 2.09. The Kier molecular flexibility index (Phi) is 7.79. The molecule has 0 saturated heterocycles. The normalized spacial score (nSPS) is 11.7. The molecule has 1 heterocycles. The molecule has 0 aliphatic carbocycles. The molecule has 202 valence electrons. The molecule has 0 saturated carbocycles. The van der Waals surface area contributed by atoms with Gasteiger partial charge in [-0.25, -0.2) is 8.78 Å². The van der Waals surface area contributed by atoms with E-state index >= 15 is 4.39 Å². The number of aromatic nitrogens is 1. The average molecular weight is 549 g/mol. The summed E-state index contributed by atoms with van der Waals surface area (Å²) in [5, 5.41) is 2.08. The van der Waals surface area contributed by atoms with Crippen molar-refractivity contribution in [2.45, 2.75) is 25.9 Å². The number of primary amides is 1. The average Bonchev–Trinajstić information content (AvgIpc) is 2.79. The van der Waals surface area contributed by atoms with E-state index in [1.807, 2.05) is 0 Å². The number of hydrogen-bond acceptors (Lipinski definition) is 5. The van der Waals surface area contributed by atoms with Crippen LogP contribution >= 0.6 is 0 Å². The van der Waals surface area contributed by atoms with Crippen LogP contribution in [0.1, 0.15) is 38.9 Å². The number of ether oxygens (including phenoxy) is 2. The number of carbonyl (C=O) groups is 2. The Morgan fingerprint density at radius 1 is 0.947 bits per heavy atom. The second-order valence-electron chi connectivity index (χ2n) is 7.40. The molecule has 3 aromatic rings. The minimum Gasteiger partial charge on any atom is -0.456 e. The van der Waals surface area contributed by atoms with Crippen LogP contribution < -0.4 is 20.5 Å². The number of nitrogens with one attached hydrogen (secondary N) is 1. The van der Waals surface area contributed by atoms with Crippen molar-refractivity contribution in [3.8, 4) is 17.2 Å². The summed E-state index contributed by atoms with van der Waals surface area (Å²) in [6, 6.07) is 4.29. The minimum absolute atomic E-state index is 0.199. The minimum atomic E-state index is -5.23. The van der Waals surface area contributed by atoms with Gasteiger partial charge >= 0.3 is 12.5 Å². The van der Waals surface area contributed by atoms with Crippen LogP contribution in [0.15, 0.2) is 42.6 Å². The first-order valence-electron chi connectivity index (χ1n) is 10.3. The van der Waals surface area contributed by atoms with Gasteiger partial charge in [-0.2, -0.15) is 13.2 Å². The first-order valence-corrected chi connectivity index (χ1v) is 10.3. The summed E-state index contributed by atoms with van der Waals surface area (Å²) in [6.45, 7) is 1.32. The zero-order valence-corrected chi connectivity index (χ0v) is 18.9. The molecular formula is C23H15F8N3O4. The maximum atomic E-state index is 15.0. The van der Waals surface area contributed by atoms with Gasteiger partial charge in [-0.05, 0) is 42.8 Å². The van der Waals surface area contributed by atoms with Gasteiger partial charge in [-0.15, -0.1) is 13.2 Å². The first-order chi connectivity index (χ1) is 17.6. The van der Waals surface area contributed by atoms with E-state index < -0.39 is 69.9 Å². The SMILES string of the molecule is CCc1c(Oc2ccc(C(F)(F)F)c(F)c2C(=O)Nc2ccnc(C(N)=O)c2)ccc(OC(F)(F)F)c1F. The van der Waals surface area contributed by atoms with E-state index in [-0.39, 0.29) is 23.9 Å². The number of alkyl halides is 6. The summed E-state index contributed by atoms with van der Waals surface area (Å²) < 4.78 is 116. The molecule has 1 aromatic heterocycles. The molecule has 0 unspecified atom stereocenters. The Morgan fingerprint density at radius 3 is 2.16 bits per heavy atom. The second kappa shape index (κ2) is 10.5. The van der Waals surface area contributed by atoms with Gasteiger partial charge in [0.05, 0.1) is 5.56 Å². The third kappa shape index (κ3) is 6.27. The number of benzene rings is 2. The van der Waals surface area contributed by atoms with Crippen LogP contribution in [0.4, 0.5) is 40.8 Å². The summed E-state index contributed by atoms with van der Waals surface area (Å²) in [5.74, 6) is -8.56. The summed E-state index contributed by atoms with van der Waals surface area (Å²) >= 11 is 0. The number of pyridine rings is 1. The van der Waals surface area contributed by atoms with Crippen molar-refractivity contribution < 1.29 is 54.2 Å². The molecule has 0 spiro atoms. The highest BCUT2D eigenvalue weighted by atomic mass is 19.4. The number of rotatable bonds is 7. The number of nitrogens with two attached hydrogens (primary N) is 1. The number of carbonyl (C=O) groups excluding carboxylic acids is 2. The quantitative estimate of drug-likeness (QED) is 0.353. The smallest absolute Gasteiger partial charge is 0.456 e. The van der Waals surface area contributed by atoms with Crippen molar-refractivity contribution in [2.24, 2.45) is 5.73 Å². The zero-order chi connectivity index (χ0) is 28.4. The number of halogens is 8. The van der Waals surface area contributed by atoms with Crippen LogP contribution in [0.5, 0.6) is 17.2 Å². The Hall–Kier alpha value is -4.43. The molecule has 15 heteroatoms. The molecule has 7 nitrogen and oxygen atoms in total. The van der Waals surface area contributed by atoms with E-state index in [1.165, 1.54) is 6.92 Å². The number of nitrogens with zero attached hydrogens (tertiary/aromatic N) is 1. The third-order valence-electron chi connectivity index (χ3n) is 4.87. The number of anilines is 1. The molecule has 38 heavy (non-hydrogen) atoms. The molecule has 2 aromatic carbocycles.